The highest BCUT2D eigenvalue weighted by Crippen LogP contribution is 2.12. The monoisotopic (exact) mass is 274 g/mol. The van der Waals surface area contributed by atoms with Crippen LogP contribution in [0.25, 0.3) is 0 Å². The van der Waals surface area contributed by atoms with Gasteiger partial charge in [0.2, 0.25) is 5.91 Å². The summed E-state index contributed by atoms with van der Waals surface area (Å²) in [5.74, 6) is 0.994. The molecule has 0 aliphatic carbocycles. The van der Waals surface area contributed by atoms with Crippen molar-refractivity contribution in [1.82, 2.24) is 4.90 Å². The number of nitrogens with two attached hydrogens (primary N) is 1. The largest absolute Gasteiger partial charge is 0.468 e. The fourth-order valence-electron chi connectivity index (χ4n) is 1.87. The Hall–Kier alpha value is -0.750. The molecule has 1 aliphatic rings. The number of thioether (sulfide) groups is 1. The first kappa shape index (κ1) is 15.3. The third-order valence-electron chi connectivity index (χ3n) is 3.01. The highest BCUT2D eigenvalue weighted by molar-refractivity contribution is 7.99. The summed E-state index contributed by atoms with van der Waals surface area (Å²) in [6.07, 6.45) is 4.00. The van der Waals surface area contributed by atoms with Crippen LogP contribution in [0.5, 0.6) is 0 Å². The summed E-state index contributed by atoms with van der Waals surface area (Å²) in [4.78, 5) is 24.8. The molecule has 0 aromatic rings. The van der Waals surface area contributed by atoms with E-state index in [-0.39, 0.29) is 5.91 Å². The molecule has 5 nitrogen and oxygen atoms in total. The van der Waals surface area contributed by atoms with Crippen LogP contribution in [0, 0.1) is 0 Å². The predicted octanol–water partition coefficient (Wildman–Crippen LogP) is 0.623. The smallest absolute Gasteiger partial charge is 0.322 e. The van der Waals surface area contributed by atoms with Gasteiger partial charge >= 0.3 is 5.97 Å². The quantitative estimate of drug-likeness (QED) is 0.568. The standard InChI is InChI=1S/C12H22N2O3S/c1-17-12(16)10(13)5-8-18-9-11(15)14-6-3-2-4-7-14/h10H,2-9,13H2,1H3. The highest BCUT2D eigenvalue weighted by Gasteiger charge is 2.17. The number of carbonyl (C=O) groups excluding carboxylic acids is 2. The lowest BCUT2D eigenvalue weighted by molar-refractivity contribution is -0.142. The predicted molar refractivity (Wildman–Crippen MR) is 72.4 cm³/mol. The summed E-state index contributed by atoms with van der Waals surface area (Å²) in [6.45, 7) is 1.78. The van der Waals surface area contributed by atoms with Gasteiger partial charge in [-0.15, -0.1) is 0 Å². The SMILES string of the molecule is COC(=O)C(N)CCSCC(=O)N1CCCCC1. The fraction of sp³-hybridized carbons (Fsp3) is 0.833. The van der Waals surface area contributed by atoms with Gasteiger partial charge in [-0.2, -0.15) is 11.8 Å². The summed E-state index contributed by atoms with van der Waals surface area (Å²) >= 11 is 1.53. The first-order valence-corrected chi connectivity index (χ1v) is 7.49. The molecule has 1 unspecified atom stereocenters. The van der Waals surface area contributed by atoms with Crippen LogP contribution in [0.3, 0.4) is 0 Å². The lowest BCUT2D eigenvalue weighted by Gasteiger charge is -2.26. The van der Waals surface area contributed by atoms with Crippen LogP contribution in [-0.4, -0.2) is 54.5 Å². The molecule has 2 N–H and O–H groups in total. The Morgan fingerprint density at radius 1 is 1.33 bits per heavy atom. The van der Waals surface area contributed by atoms with Crippen molar-refractivity contribution in [3.8, 4) is 0 Å². The van der Waals surface area contributed by atoms with Crippen LogP contribution < -0.4 is 5.73 Å². The van der Waals surface area contributed by atoms with Gasteiger partial charge in [0.25, 0.3) is 0 Å². The molecular formula is C12H22N2O3S. The van der Waals surface area contributed by atoms with Crippen molar-refractivity contribution in [2.45, 2.75) is 31.7 Å². The van der Waals surface area contributed by atoms with Gasteiger partial charge < -0.3 is 15.4 Å². The topological polar surface area (TPSA) is 72.6 Å². The highest BCUT2D eigenvalue weighted by atomic mass is 32.2. The van der Waals surface area contributed by atoms with Crippen molar-refractivity contribution < 1.29 is 14.3 Å². The second-order valence-electron chi connectivity index (χ2n) is 4.41. The average molecular weight is 274 g/mol. The average Bonchev–Trinajstić information content (AvgIpc) is 2.43. The maximum Gasteiger partial charge on any atom is 0.322 e. The minimum Gasteiger partial charge on any atom is -0.468 e. The van der Waals surface area contributed by atoms with Crippen molar-refractivity contribution >= 4 is 23.6 Å². The van der Waals surface area contributed by atoms with Gasteiger partial charge in [0.05, 0.1) is 12.9 Å². The number of ether oxygens (including phenoxy) is 1. The lowest BCUT2D eigenvalue weighted by atomic mass is 10.1. The normalized spacial score (nSPS) is 17.3. The molecule has 1 heterocycles. The van der Waals surface area contributed by atoms with E-state index < -0.39 is 12.0 Å². The number of methoxy groups -OCH3 is 1. The second kappa shape index (κ2) is 8.37. The van der Waals surface area contributed by atoms with E-state index in [4.69, 9.17) is 5.73 Å². The molecule has 1 atom stereocenters. The van der Waals surface area contributed by atoms with Crippen LogP contribution in [0.1, 0.15) is 25.7 Å². The van der Waals surface area contributed by atoms with Gasteiger partial charge in [-0.3, -0.25) is 9.59 Å². The van der Waals surface area contributed by atoms with Crippen LogP contribution in [0.4, 0.5) is 0 Å². The van der Waals surface area contributed by atoms with Gasteiger partial charge in [0.1, 0.15) is 6.04 Å². The van der Waals surface area contributed by atoms with E-state index in [1.54, 1.807) is 0 Å². The zero-order valence-electron chi connectivity index (χ0n) is 10.9. The Kier molecular flexibility index (Phi) is 7.12. The minimum absolute atomic E-state index is 0.200. The summed E-state index contributed by atoms with van der Waals surface area (Å²) in [5.41, 5.74) is 5.60. The second-order valence-corrected chi connectivity index (χ2v) is 5.52. The first-order valence-electron chi connectivity index (χ1n) is 6.34. The molecule has 104 valence electrons. The van der Waals surface area contributed by atoms with Crippen molar-refractivity contribution in [3.63, 3.8) is 0 Å². The number of esters is 1. The summed E-state index contributed by atoms with van der Waals surface area (Å²) < 4.78 is 4.54. The Balaban J connectivity index is 2.10. The summed E-state index contributed by atoms with van der Waals surface area (Å²) in [5, 5.41) is 0. The zero-order chi connectivity index (χ0) is 13.4. The molecule has 0 aromatic carbocycles. The summed E-state index contributed by atoms with van der Waals surface area (Å²) in [7, 11) is 1.33. The molecule has 1 rings (SSSR count). The molecule has 1 amide bonds. The fourth-order valence-corrected chi connectivity index (χ4v) is 2.80. The number of rotatable bonds is 6. The molecule has 0 bridgehead atoms. The summed E-state index contributed by atoms with van der Waals surface area (Å²) in [6, 6.07) is -0.576. The molecule has 0 saturated carbocycles. The van der Waals surface area contributed by atoms with Crippen LogP contribution in [0.15, 0.2) is 0 Å². The Morgan fingerprint density at radius 2 is 2.00 bits per heavy atom. The van der Waals surface area contributed by atoms with Gasteiger partial charge in [0, 0.05) is 13.1 Å². The third kappa shape index (κ3) is 5.27. The van der Waals surface area contributed by atoms with E-state index in [0.29, 0.717) is 17.9 Å². The molecule has 0 spiro atoms. The van der Waals surface area contributed by atoms with Crippen molar-refractivity contribution in [3.05, 3.63) is 0 Å². The van der Waals surface area contributed by atoms with E-state index >= 15 is 0 Å². The molecule has 6 heteroatoms. The molecule has 1 aliphatic heterocycles. The number of hydrogen-bond donors (Lipinski definition) is 1. The van der Waals surface area contributed by atoms with Crippen LogP contribution >= 0.6 is 11.8 Å². The molecule has 0 radical (unpaired) electrons. The Bertz CT molecular complexity index is 280. The maximum absolute atomic E-state index is 11.8. The minimum atomic E-state index is -0.576. The van der Waals surface area contributed by atoms with E-state index in [1.165, 1.54) is 25.3 Å². The van der Waals surface area contributed by atoms with Crippen molar-refractivity contribution in [1.29, 1.82) is 0 Å². The van der Waals surface area contributed by atoms with Gasteiger partial charge in [-0.1, -0.05) is 0 Å². The molecular weight excluding hydrogens is 252 g/mol. The molecule has 18 heavy (non-hydrogen) atoms. The Labute approximate surface area is 112 Å². The van der Waals surface area contributed by atoms with Gasteiger partial charge in [0.15, 0.2) is 0 Å². The van der Waals surface area contributed by atoms with E-state index in [2.05, 4.69) is 4.74 Å². The van der Waals surface area contributed by atoms with E-state index in [0.717, 1.165) is 25.9 Å². The van der Waals surface area contributed by atoms with Crippen molar-refractivity contribution in [2.75, 3.05) is 31.7 Å². The first-order chi connectivity index (χ1) is 8.65. The number of amides is 1. The molecule has 0 aromatic heterocycles. The van der Waals surface area contributed by atoms with Gasteiger partial charge in [-0.05, 0) is 31.4 Å². The maximum atomic E-state index is 11.8. The van der Waals surface area contributed by atoms with Crippen LogP contribution in [-0.2, 0) is 14.3 Å². The zero-order valence-corrected chi connectivity index (χ0v) is 11.7. The number of nitrogens with zero attached hydrogens (tertiary/aromatic N) is 1. The van der Waals surface area contributed by atoms with E-state index in [9.17, 15) is 9.59 Å². The molecule has 1 saturated heterocycles. The third-order valence-corrected chi connectivity index (χ3v) is 3.99. The number of carbonyl (C=O) groups is 2. The Morgan fingerprint density at radius 3 is 2.61 bits per heavy atom. The number of piperidine rings is 1. The van der Waals surface area contributed by atoms with Gasteiger partial charge in [-0.25, -0.2) is 0 Å². The molecule has 1 fully saturated rings. The number of likely N-dealkylation sites (tertiary alicyclic amines) is 1. The van der Waals surface area contributed by atoms with E-state index in [1.807, 2.05) is 4.90 Å². The van der Waals surface area contributed by atoms with Crippen LogP contribution in [0.2, 0.25) is 0 Å². The number of hydrogen-bond acceptors (Lipinski definition) is 5. The van der Waals surface area contributed by atoms with Crippen molar-refractivity contribution in [2.24, 2.45) is 5.73 Å². The lowest BCUT2D eigenvalue weighted by Crippen LogP contribution is -2.37.